The Hall–Kier alpha value is -0.160. The van der Waals surface area contributed by atoms with Crippen LogP contribution >= 0.6 is 0 Å². The van der Waals surface area contributed by atoms with Crippen LogP contribution in [0, 0.1) is 5.92 Å². The van der Waals surface area contributed by atoms with Crippen molar-refractivity contribution < 1.29 is 4.74 Å². The standard InChI is InChI=1S/C14H31N3O/c1-12(18-5)14(2,11-15)17-8-6-13(7-9-17)10-16(3)4/h12-13H,6-11,15H2,1-5H3. The van der Waals surface area contributed by atoms with Gasteiger partial charge in [0.05, 0.1) is 11.6 Å². The molecule has 2 unspecified atom stereocenters. The van der Waals surface area contributed by atoms with Gasteiger partial charge >= 0.3 is 0 Å². The highest BCUT2D eigenvalue weighted by molar-refractivity contribution is 4.95. The zero-order valence-corrected chi connectivity index (χ0v) is 12.8. The van der Waals surface area contributed by atoms with Gasteiger partial charge in [0.25, 0.3) is 0 Å². The molecule has 0 aliphatic carbocycles. The lowest BCUT2D eigenvalue weighted by molar-refractivity contribution is -0.0453. The molecular weight excluding hydrogens is 226 g/mol. The highest BCUT2D eigenvalue weighted by Crippen LogP contribution is 2.27. The minimum atomic E-state index is -0.0299. The predicted octanol–water partition coefficient (Wildman–Crippen LogP) is 1.01. The molecule has 4 nitrogen and oxygen atoms in total. The zero-order chi connectivity index (χ0) is 13.8. The fourth-order valence-electron chi connectivity index (χ4n) is 2.95. The highest BCUT2D eigenvalue weighted by Gasteiger charge is 2.38. The van der Waals surface area contributed by atoms with Crippen LogP contribution in [0.5, 0.6) is 0 Å². The molecule has 0 aromatic rings. The number of nitrogens with zero attached hydrogens (tertiary/aromatic N) is 2. The second-order valence-corrected chi connectivity index (χ2v) is 6.13. The molecule has 1 aliphatic heterocycles. The molecule has 1 rings (SSSR count). The first kappa shape index (κ1) is 15.9. The van der Waals surface area contributed by atoms with E-state index in [0.717, 1.165) is 19.0 Å². The SMILES string of the molecule is COC(C)C(C)(CN)N1CCC(CN(C)C)CC1. The summed E-state index contributed by atoms with van der Waals surface area (Å²) in [5.41, 5.74) is 5.97. The summed E-state index contributed by atoms with van der Waals surface area (Å²) < 4.78 is 5.52. The molecule has 1 heterocycles. The van der Waals surface area contributed by atoms with Gasteiger partial charge < -0.3 is 15.4 Å². The molecule has 1 saturated heterocycles. The minimum Gasteiger partial charge on any atom is -0.380 e. The lowest BCUT2D eigenvalue weighted by Gasteiger charge is -2.47. The molecule has 4 heteroatoms. The topological polar surface area (TPSA) is 41.7 Å². The Balaban J connectivity index is 2.55. The smallest absolute Gasteiger partial charge is 0.0736 e. The van der Waals surface area contributed by atoms with Crippen molar-refractivity contribution in [3.8, 4) is 0 Å². The second-order valence-electron chi connectivity index (χ2n) is 6.13. The van der Waals surface area contributed by atoms with E-state index >= 15 is 0 Å². The van der Waals surface area contributed by atoms with Gasteiger partial charge in [-0.3, -0.25) is 4.90 Å². The number of likely N-dealkylation sites (tertiary alicyclic amines) is 1. The number of methoxy groups -OCH3 is 1. The number of rotatable bonds is 6. The van der Waals surface area contributed by atoms with Crippen LogP contribution in [-0.2, 0) is 4.74 Å². The monoisotopic (exact) mass is 257 g/mol. The Kier molecular flexibility index (Phi) is 6.05. The predicted molar refractivity (Wildman–Crippen MR) is 76.8 cm³/mol. The molecule has 0 aromatic carbocycles. The van der Waals surface area contributed by atoms with E-state index in [1.54, 1.807) is 7.11 Å². The lowest BCUT2D eigenvalue weighted by atomic mass is 9.88. The fourth-order valence-corrected chi connectivity index (χ4v) is 2.95. The molecule has 18 heavy (non-hydrogen) atoms. The maximum absolute atomic E-state index is 6.00. The Bertz CT molecular complexity index is 239. The fraction of sp³-hybridized carbons (Fsp3) is 1.00. The van der Waals surface area contributed by atoms with Gasteiger partial charge in [-0.05, 0) is 59.8 Å². The van der Waals surface area contributed by atoms with Crippen LogP contribution in [0.2, 0.25) is 0 Å². The van der Waals surface area contributed by atoms with E-state index in [-0.39, 0.29) is 11.6 Å². The minimum absolute atomic E-state index is 0.0299. The average molecular weight is 257 g/mol. The molecule has 1 fully saturated rings. The van der Waals surface area contributed by atoms with Gasteiger partial charge in [0.1, 0.15) is 0 Å². The van der Waals surface area contributed by atoms with Crippen molar-refractivity contribution in [2.24, 2.45) is 11.7 Å². The highest BCUT2D eigenvalue weighted by atomic mass is 16.5. The molecule has 108 valence electrons. The summed E-state index contributed by atoms with van der Waals surface area (Å²) in [6.45, 7) is 8.49. The number of nitrogens with two attached hydrogens (primary N) is 1. The van der Waals surface area contributed by atoms with Gasteiger partial charge in [0, 0.05) is 20.2 Å². The quantitative estimate of drug-likeness (QED) is 0.771. The maximum Gasteiger partial charge on any atom is 0.0736 e. The third-order valence-corrected chi connectivity index (χ3v) is 4.60. The first-order chi connectivity index (χ1) is 8.43. The van der Waals surface area contributed by atoms with Gasteiger partial charge in [0.15, 0.2) is 0 Å². The molecule has 0 saturated carbocycles. The summed E-state index contributed by atoms with van der Waals surface area (Å²) in [6.07, 6.45) is 2.71. The van der Waals surface area contributed by atoms with E-state index in [1.807, 2.05) is 0 Å². The van der Waals surface area contributed by atoms with E-state index in [2.05, 4.69) is 37.7 Å². The number of piperidine rings is 1. The lowest BCUT2D eigenvalue weighted by Crippen LogP contribution is -2.60. The van der Waals surface area contributed by atoms with Gasteiger partial charge in [-0.2, -0.15) is 0 Å². The summed E-state index contributed by atoms with van der Waals surface area (Å²) >= 11 is 0. The third-order valence-electron chi connectivity index (χ3n) is 4.60. The summed E-state index contributed by atoms with van der Waals surface area (Å²) in [5, 5.41) is 0. The van der Waals surface area contributed by atoms with E-state index in [0.29, 0.717) is 6.54 Å². The van der Waals surface area contributed by atoms with Crippen LogP contribution in [0.1, 0.15) is 26.7 Å². The van der Waals surface area contributed by atoms with Gasteiger partial charge in [-0.15, -0.1) is 0 Å². The maximum atomic E-state index is 6.00. The Morgan fingerprint density at radius 3 is 2.33 bits per heavy atom. The third kappa shape index (κ3) is 3.67. The number of hydrogen-bond donors (Lipinski definition) is 1. The largest absolute Gasteiger partial charge is 0.380 e. The normalized spacial score (nSPS) is 24.2. The Labute approximate surface area is 112 Å². The van der Waals surface area contributed by atoms with Crippen molar-refractivity contribution in [1.82, 2.24) is 9.80 Å². The summed E-state index contributed by atoms with van der Waals surface area (Å²) in [6, 6.07) is 0. The molecule has 0 aromatic heterocycles. The number of ether oxygens (including phenoxy) is 1. The molecule has 0 spiro atoms. The van der Waals surface area contributed by atoms with Crippen LogP contribution in [0.25, 0.3) is 0 Å². The Morgan fingerprint density at radius 1 is 1.39 bits per heavy atom. The van der Waals surface area contributed by atoms with Crippen molar-refractivity contribution in [1.29, 1.82) is 0 Å². The molecule has 2 atom stereocenters. The van der Waals surface area contributed by atoms with E-state index in [4.69, 9.17) is 10.5 Å². The van der Waals surface area contributed by atoms with Crippen LogP contribution in [-0.4, -0.2) is 68.8 Å². The second kappa shape index (κ2) is 6.85. The van der Waals surface area contributed by atoms with E-state index in [1.165, 1.54) is 19.4 Å². The first-order valence-corrected chi connectivity index (χ1v) is 7.06. The summed E-state index contributed by atoms with van der Waals surface area (Å²) in [4.78, 5) is 4.81. The van der Waals surface area contributed by atoms with Crippen molar-refractivity contribution in [2.75, 3.05) is 47.4 Å². The molecule has 0 radical (unpaired) electrons. The first-order valence-electron chi connectivity index (χ1n) is 7.06. The molecule has 1 aliphatic rings. The van der Waals surface area contributed by atoms with Gasteiger partial charge in [-0.1, -0.05) is 0 Å². The van der Waals surface area contributed by atoms with Gasteiger partial charge in [-0.25, -0.2) is 0 Å². The summed E-state index contributed by atoms with van der Waals surface area (Å²) in [7, 11) is 6.09. The van der Waals surface area contributed by atoms with Crippen molar-refractivity contribution in [2.45, 2.75) is 38.3 Å². The number of hydrogen-bond acceptors (Lipinski definition) is 4. The zero-order valence-electron chi connectivity index (χ0n) is 12.8. The van der Waals surface area contributed by atoms with Crippen LogP contribution in [0.15, 0.2) is 0 Å². The van der Waals surface area contributed by atoms with Crippen LogP contribution in [0.4, 0.5) is 0 Å². The Morgan fingerprint density at radius 2 is 1.94 bits per heavy atom. The van der Waals surface area contributed by atoms with Gasteiger partial charge in [0.2, 0.25) is 0 Å². The van der Waals surface area contributed by atoms with Crippen molar-refractivity contribution in [3.05, 3.63) is 0 Å². The van der Waals surface area contributed by atoms with E-state index in [9.17, 15) is 0 Å². The summed E-state index contributed by atoms with van der Waals surface area (Å²) in [5.74, 6) is 0.830. The molecule has 0 bridgehead atoms. The average Bonchev–Trinajstić information content (AvgIpc) is 2.37. The van der Waals surface area contributed by atoms with Crippen LogP contribution < -0.4 is 5.73 Å². The van der Waals surface area contributed by atoms with Crippen molar-refractivity contribution >= 4 is 0 Å². The molecule has 2 N–H and O–H groups in total. The van der Waals surface area contributed by atoms with E-state index < -0.39 is 0 Å². The molecular formula is C14H31N3O. The van der Waals surface area contributed by atoms with Crippen LogP contribution in [0.3, 0.4) is 0 Å². The van der Waals surface area contributed by atoms with Crippen molar-refractivity contribution in [3.63, 3.8) is 0 Å². The molecule has 0 amide bonds.